The third-order valence-corrected chi connectivity index (χ3v) is 1.04. The molecule has 0 saturated carbocycles. The molecule has 0 fully saturated rings. The Kier molecular flexibility index (Phi) is 4.00. The van der Waals surface area contributed by atoms with E-state index in [1.807, 2.05) is 0 Å². The zero-order valence-corrected chi connectivity index (χ0v) is 4.52. The Hall–Kier alpha value is 0.530. The van der Waals surface area contributed by atoms with Gasteiger partial charge in [-0.1, -0.05) is 8.93 Å². The first-order chi connectivity index (χ1) is 1.91. The summed E-state index contributed by atoms with van der Waals surface area (Å²) in [5.74, 6) is 0. The summed E-state index contributed by atoms with van der Waals surface area (Å²) in [4.78, 5) is 0. The zero-order valence-electron chi connectivity index (χ0n) is 2.47. The summed E-state index contributed by atoms with van der Waals surface area (Å²) in [5.41, 5.74) is 0. The van der Waals surface area contributed by atoms with Gasteiger partial charge in [-0.3, -0.25) is 4.74 Å². The minimum Gasteiger partial charge on any atom is -0.268 e. The zero-order chi connectivity index (χ0) is 3.41. The van der Waals surface area contributed by atoms with Crippen LogP contribution in [0, 0.1) is 0 Å². The van der Waals surface area contributed by atoms with Crippen LogP contribution >= 0.6 is 17.0 Å². The fourth-order valence-electron chi connectivity index (χ4n) is 0. The third kappa shape index (κ3) is 2.53. The molecule has 0 rings (SSSR count). The van der Waals surface area contributed by atoms with E-state index in [1.165, 1.54) is 0 Å². The molecular weight excluding hydrogens is 88.0 g/mol. The molecule has 0 saturated heterocycles. The van der Waals surface area contributed by atoms with Gasteiger partial charge in [0, 0.05) is 15.1 Å². The second-order valence-electron chi connectivity index (χ2n) is 0.315. The molecule has 0 aliphatic heterocycles. The van der Waals surface area contributed by atoms with Gasteiger partial charge in [0.15, 0.2) is 0 Å². The quantitative estimate of drug-likeness (QED) is 0.403. The van der Waals surface area contributed by atoms with Gasteiger partial charge in [0.05, 0.1) is 0 Å². The van der Waals surface area contributed by atoms with Crippen molar-refractivity contribution in [2.45, 2.75) is 0 Å². The minimum atomic E-state index is 1.04. The van der Waals surface area contributed by atoms with Gasteiger partial charge < -0.3 is 0 Å². The molecule has 24 valence electrons. The molecule has 0 aromatic rings. The van der Waals surface area contributed by atoms with Crippen molar-refractivity contribution in [2.24, 2.45) is 4.74 Å². The summed E-state index contributed by atoms with van der Waals surface area (Å²) in [7, 11) is 5.27. The van der Waals surface area contributed by atoms with Crippen LogP contribution in [0.4, 0.5) is 0 Å². The molecule has 0 N–H and O–H groups in total. The van der Waals surface area contributed by atoms with Crippen LogP contribution in [0.25, 0.3) is 0 Å². The van der Waals surface area contributed by atoms with E-state index in [0.717, 1.165) is 8.06 Å². The van der Waals surface area contributed by atoms with Gasteiger partial charge in [-0.25, -0.2) is 0 Å². The van der Waals surface area contributed by atoms with Crippen molar-refractivity contribution in [3.05, 3.63) is 0 Å². The highest BCUT2D eigenvalue weighted by Gasteiger charge is 1.34. The lowest BCUT2D eigenvalue weighted by molar-refractivity contribution is 1.52. The van der Waals surface area contributed by atoms with Gasteiger partial charge in [0.2, 0.25) is 0 Å². The van der Waals surface area contributed by atoms with Gasteiger partial charge >= 0.3 is 0 Å². The normalized spacial score (nSPS) is 9.50. The minimum absolute atomic E-state index is 1.04. The SMILES string of the molecule is CN=PP. The molecule has 0 aromatic heterocycles. The molecule has 1 nitrogen and oxygen atoms in total. The third-order valence-electron chi connectivity index (χ3n) is 0.115. The maximum Gasteiger partial charge on any atom is 0.0324 e. The van der Waals surface area contributed by atoms with Crippen LogP contribution in [0.3, 0.4) is 0 Å². The molecule has 0 bridgehead atoms. The predicted molar refractivity (Wildman–Crippen MR) is 25.0 cm³/mol. The standard InChI is InChI=1S/CH5NP2/c1-2-4-3/h3H2,1H3. The van der Waals surface area contributed by atoms with E-state index in [1.54, 1.807) is 7.05 Å². The highest BCUT2D eigenvalue weighted by Crippen LogP contribution is 2.05. The van der Waals surface area contributed by atoms with Crippen molar-refractivity contribution in [1.29, 1.82) is 0 Å². The Morgan fingerprint density at radius 2 is 2.25 bits per heavy atom. The Labute approximate surface area is 29.8 Å². The van der Waals surface area contributed by atoms with Crippen LogP contribution in [0.1, 0.15) is 0 Å². The van der Waals surface area contributed by atoms with Gasteiger partial charge in [-0.15, -0.1) is 0 Å². The molecule has 0 amide bonds. The van der Waals surface area contributed by atoms with Crippen molar-refractivity contribution in [2.75, 3.05) is 7.05 Å². The Morgan fingerprint density at radius 3 is 2.25 bits per heavy atom. The average molecular weight is 93.0 g/mol. The van der Waals surface area contributed by atoms with Gasteiger partial charge in [0.25, 0.3) is 0 Å². The molecule has 4 heavy (non-hydrogen) atoms. The summed E-state index contributed by atoms with van der Waals surface area (Å²) in [5, 5.41) is 0. The molecule has 3 heteroatoms. The molecule has 0 spiro atoms. The summed E-state index contributed by atoms with van der Waals surface area (Å²) < 4.78 is 3.67. The lowest BCUT2D eigenvalue weighted by Crippen LogP contribution is -1.17. The topological polar surface area (TPSA) is 12.4 Å². The van der Waals surface area contributed by atoms with Crippen LogP contribution in [-0.4, -0.2) is 7.05 Å². The number of rotatable bonds is 0. The van der Waals surface area contributed by atoms with E-state index in [9.17, 15) is 0 Å². The molecule has 1 atom stereocenters. The Balaban J connectivity index is 2.55. The van der Waals surface area contributed by atoms with E-state index in [4.69, 9.17) is 0 Å². The number of hydrogen-bond acceptors (Lipinski definition) is 1. The summed E-state index contributed by atoms with van der Waals surface area (Å²) in [6.45, 7) is 0. The monoisotopic (exact) mass is 93.0 g/mol. The van der Waals surface area contributed by atoms with Crippen molar-refractivity contribution in [3.63, 3.8) is 0 Å². The maximum atomic E-state index is 3.67. The van der Waals surface area contributed by atoms with Gasteiger partial charge in [-0.05, 0) is 0 Å². The number of nitrogens with zero attached hydrogens (tertiary/aromatic N) is 1. The van der Waals surface area contributed by atoms with Crippen LogP contribution in [0.15, 0.2) is 4.74 Å². The lowest BCUT2D eigenvalue weighted by Gasteiger charge is -1.51. The number of hydrogen-bond donors (Lipinski definition) is 0. The van der Waals surface area contributed by atoms with E-state index in [-0.39, 0.29) is 0 Å². The van der Waals surface area contributed by atoms with Crippen LogP contribution in [-0.2, 0) is 0 Å². The van der Waals surface area contributed by atoms with Crippen LogP contribution in [0.5, 0.6) is 0 Å². The highest BCUT2D eigenvalue weighted by atomic mass is 32.0. The van der Waals surface area contributed by atoms with Crippen LogP contribution in [0.2, 0.25) is 0 Å². The Morgan fingerprint density at radius 1 is 2.00 bits per heavy atom. The van der Waals surface area contributed by atoms with Crippen molar-refractivity contribution < 1.29 is 0 Å². The van der Waals surface area contributed by atoms with E-state index in [2.05, 4.69) is 13.7 Å². The molecule has 0 heterocycles. The van der Waals surface area contributed by atoms with E-state index >= 15 is 0 Å². The van der Waals surface area contributed by atoms with E-state index < -0.39 is 0 Å². The molecule has 0 aliphatic carbocycles. The summed E-state index contributed by atoms with van der Waals surface area (Å²) >= 11 is 0. The summed E-state index contributed by atoms with van der Waals surface area (Å²) in [6.07, 6.45) is 0. The van der Waals surface area contributed by atoms with Crippen molar-refractivity contribution in [3.8, 4) is 0 Å². The second kappa shape index (κ2) is 3.53. The molecule has 0 aliphatic rings. The lowest BCUT2D eigenvalue weighted by atomic mass is 11.6. The summed E-state index contributed by atoms with van der Waals surface area (Å²) in [6, 6.07) is 0. The molecular formula is CH5NP2. The molecule has 0 aromatic carbocycles. The second-order valence-corrected chi connectivity index (χ2v) is 1.64. The first-order valence-electron chi connectivity index (χ1n) is 0.905. The Bertz CT molecular complexity index is 21.2. The fourth-order valence-corrected chi connectivity index (χ4v) is 0. The average Bonchev–Trinajstić information content (AvgIpc) is 1.37. The molecule has 1 unspecified atom stereocenters. The van der Waals surface area contributed by atoms with Gasteiger partial charge in [0.1, 0.15) is 0 Å². The maximum absolute atomic E-state index is 3.67. The smallest absolute Gasteiger partial charge is 0.0324 e. The first-order valence-corrected chi connectivity index (χ1v) is 3.37. The predicted octanol–water partition coefficient (Wildman–Crippen LogP) is 1.54. The van der Waals surface area contributed by atoms with Crippen molar-refractivity contribution >= 4 is 17.0 Å². The first kappa shape index (κ1) is 4.53. The molecule has 0 radical (unpaired) electrons. The van der Waals surface area contributed by atoms with Crippen LogP contribution < -0.4 is 0 Å². The van der Waals surface area contributed by atoms with E-state index in [0.29, 0.717) is 0 Å². The largest absolute Gasteiger partial charge is 0.268 e. The fraction of sp³-hybridized carbons (Fsp3) is 1.00. The highest BCUT2D eigenvalue weighted by molar-refractivity contribution is 7.97. The van der Waals surface area contributed by atoms with Gasteiger partial charge in [-0.2, -0.15) is 0 Å². The van der Waals surface area contributed by atoms with Crippen molar-refractivity contribution in [1.82, 2.24) is 0 Å².